The van der Waals surface area contributed by atoms with Gasteiger partial charge in [-0.3, -0.25) is 4.98 Å². The molecule has 1 saturated heterocycles. The van der Waals surface area contributed by atoms with Gasteiger partial charge in [0.05, 0.1) is 17.0 Å². The third kappa shape index (κ3) is 2.55. The smallest absolute Gasteiger partial charge is 0.217 e. The Morgan fingerprint density at radius 3 is 2.87 bits per heavy atom. The Morgan fingerprint density at radius 1 is 1.26 bits per heavy atom. The number of anilines is 1. The summed E-state index contributed by atoms with van der Waals surface area (Å²) < 4.78 is 26.4. The molecule has 0 N–H and O–H groups in total. The molecule has 1 saturated carbocycles. The largest absolute Gasteiger partial charge is 0.354 e. The van der Waals surface area contributed by atoms with Crippen molar-refractivity contribution in [3.63, 3.8) is 0 Å². The van der Waals surface area contributed by atoms with E-state index in [-0.39, 0.29) is 11.3 Å². The van der Waals surface area contributed by atoms with Crippen LogP contribution >= 0.6 is 0 Å². The molecule has 1 unspecified atom stereocenters. The molecule has 2 aliphatic rings. The first kappa shape index (κ1) is 14.8. The molecule has 0 spiro atoms. The molecule has 1 aliphatic heterocycles. The lowest BCUT2D eigenvalue weighted by Crippen LogP contribution is -2.40. The lowest BCUT2D eigenvalue weighted by atomic mass is 10.2. The van der Waals surface area contributed by atoms with Crippen molar-refractivity contribution in [3.05, 3.63) is 24.8 Å². The van der Waals surface area contributed by atoms with Crippen LogP contribution in [0.25, 0.3) is 10.9 Å². The summed E-state index contributed by atoms with van der Waals surface area (Å²) in [5.41, 5.74) is 0.805. The van der Waals surface area contributed by atoms with E-state index in [1.807, 2.05) is 6.07 Å². The lowest BCUT2D eigenvalue weighted by Gasteiger charge is -2.24. The fourth-order valence-corrected chi connectivity index (χ4v) is 4.97. The number of pyridine rings is 1. The molecule has 8 heteroatoms. The van der Waals surface area contributed by atoms with Crippen LogP contribution < -0.4 is 4.90 Å². The Kier molecular flexibility index (Phi) is 3.46. The van der Waals surface area contributed by atoms with E-state index in [1.54, 1.807) is 23.7 Å². The summed E-state index contributed by atoms with van der Waals surface area (Å²) in [6.45, 7) is 1.46. The first-order valence-electron chi connectivity index (χ1n) is 7.84. The number of hydrogen-bond acceptors (Lipinski definition) is 6. The molecule has 122 valence electrons. The van der Waals surface area contributed by atoms with E-state index in [9.17, 15) is 8.42 Å². The van der Waals surface area contributed by atoms with Gasteiger partial charge in [0.15, 0.2) is 0 Å². The molecule has 3 heterocycles. The van der Waals surface area contributed by atoms with Crippen LogP contribution in [0.2, 0.25) is 0 Å². The van der Waals surface area contributed by atoms with E-state index >= 15 is 0 Å². The predicted molar refractivity (Wildman–Crippen MR) is 87.7 cm³/mol. The predicted octanol–water partition coefficient (Wildman–Crippen LogP) is 1.03. The summed E-state index contributed by atoms with van der Waals surface area (Å²) in [5, 5.41) is 0.795. The van der Waals surface area contributed by atoms with Crippen LogP contribution in [-0.2, 0) is 10.0 Å². The van der Waals surface area contributed by atoms with Gasteiger partial charge in [0.2, 0.25) is 10.0 Å². The molecule has 0 radical (unpaired) electrons. The second kappa shape index (κ2) is 5.38. The SMILES string of the molecule is CN(C1CCN(c2ncnc3cnccc23)C1)S(=O)(=O)C1CC1. The Labute approximate surface area is 135 Å². The molecule has 0 amide bonds. The third-order valence-corrected chi connectivity index (χ3v) is 7.16. The van der Waals surface area contributed by atoms with Gasteiger partial charge in [0, 0.05) is 37.8 Å². The highest BCUT2D eigenvalue weighted by molar-refractivity contribution is 7.90. The third-order valence-electron chi connectivity index (χ3n) is 4.74. The minimum atomic E-state index is -3.13. The van der Waals surface area contributed by atoms with Gasteiger partial charge in [-0.2, -0.15) is 4.31 Å². The minimum Gasteiger partial charge on any atom is -0.354 e. The first-order chi connectivity index (χ1) is 11.1. The average molecular weight is 333 g/mol. The van der Waals surface area contributed by atoms with Gasteiger partial charge >= 0.3 is 0 Å². The zero-order valence-corrected chi connectivity index (χ0v) is 13.8. The molecular formula is C15H19N5O2S. The van der Waals surface area contributed by atoms with Crippen LogP contribution in [0.5, 0.6) is 0 Å². The molecule has 7 nitrogen and oxygen atoms in total. The summed E-state index contributed by atoms with van der Waals surface area (Å²) in [4.78, 5) is 14.9. The Morgan fingerprint density at radius 2 is 2.09 bits per heavy atom. The number of aromatic nitrogens is 3. The fraction of sp³-hybridized carbons (Fsp3) is 0.533. The molecular weight excluding hydrogens is 314 g/mol. The normalized spacial score (nSPS) is 22.2. The van der Waals surface area contributed by atoms with Gasteiger partial charge in [-0.15, -0.1) is 0 Å². The summed E-state index contributed by atoms with van der Waals surface area (Å²) in [6, 6.07) is 1.91. The highest BCUT2D eigenvalue weighted by Crippen LogP contribution is 2.33. The van der Waals surface area contributed by atoms with Crippen molar-refractivity contribution in [3.8, 4) is 0 Å². The second-order valence-electron chi connectivity index (χ2n) is 6.24. The topological polar surface area (TPSA) is 79.3 Å². The van der Waals surface area contributed by atoms with Gasteiger partial charge in [-0.25, -0.2) is 18.4 Å². The quantitative estimate of drug-likeness (QED) is 0.831. The molecule has 2 aromatic rings. The molecule has 0 aromatic carbocycles. The molecule has 23 heavy (non-hydrogen) atoms. The van der Waals surface area contributed by atoms with Gasteiger partial charge in [-0.1, -0.05) is 0 Å². The minimum absolute atomic E-state index is 0.00690. The number of likely N-dealkylation sites (N-methyl/N-ethyl adjacent to an activating group) is 1. The zero-order valence-electron chi connectivity index (χ0n) is 13.0. The van der Waals surface area contributed by atoms with Crippen LogP contribution in [0.15, 0.2) is 24.8 Å². The fourth-order valence-electron chi connectivity index (χ4n) is 3.19. The van der Waals surface area contributed by atoms with E-state index < -0.39 is 10.0 Å². The maximum Gasteiger partial charge on any atom is 0.217 e. The van der Waals surface area contributed by atoms with E-state index in [0.29, 0.717) is 6.54 Å². The van der Waals surface area contributed by atoms with Crippen LogP contribution in [0.1, 0.15) is 19.3 Å². The lowest BCUT2D eigenvalue weighted by molar-refractivity contribution is 0.389. The van der Waals surface area contributed by atoms with E-state index in [0.717, 1.165) is 42.5 Å². The maximum absolute atomic E-state index is 12.4. The van der Waals surface area contributed by atoms with Crippen molar-refractivity contribution < 1.29 is 8.42 Å². The summed E-state index contributed by atoms with van der Waals surface area (Å²) in [7, 11) is -1.42. The summed E-state index contributed by atoms with van der Waals surface area (Å²) >= 11 is 0. The monoisotopic (exact) mass is 333 g/mol. The zero-order chi connectivity index (χ0) is 16.0. The van der Waals surface area contributed by atoms with Crippen molar-refractivity contribution in [2.75, 3.05) is 25.0 Å². The van der Waals surface area contributed by atoms with Crippen LogP contribution in [-0.4, -0.2) is 59.1 Å². The molecule has 0 bridgehead atoms. The summed E-state index contributed by atoms with van der Waals surface area (Å²) in [5.74, 6) is 0.858. The van der Waals surface area contributed by atoms with Crippen molar-refractivity contribution in [1.29, 1.82) is 0 Å². The summed E-state index contributed by atoms with van der Waals surface area (Å²) in [6.07, 6.45) is 7.40. The molecule has 1 atom stereocenters. The van der Waals surface area contributed by atoms with Gasteiger partial charge in [0.25, 0.3) is 0 Å². The standard InChI is InChI=1S/C15H19N5O2S/c1-19(23(21,22)12-2-3-12)11-5-7-20(9-11)15-13-4-6-16-8-14(13)17-10-18-15/h4,6,8,10-12H,2-3,5,7,9H2,1H3. The molecule has 1 aliphatic carbocycles. The van der Waals surface area contributed by atoms with Crippen LogP contribution in [0.3, 0.4) is 0 Å². The molecule has 2 aromatic heterocycles. The maximum atomic E-state index is 12.4. The van der Waals surface area contributed by atoms with E-state index in [4.69, 9.17) is 0 Å². The van der Waals surface area contributed by atoms with Crippen molar-refractivity contribution in [2.45, 2.75) is 30.6 Å². The first-order valence-corrected chi connectivity index (χ1v) is 9.34. The number of nitrogens with zero attached hydrogens (tertiary/aromatic N) is 5. The van der Waals surface area contributed by atoms with Gasteiger partial charge < -0.3 is 4.90 Å². The van der Waals surface area contributed by atoms with Crippen molar-refractivity contribution >= 4 is 26.7 Å². The van der Waals surface area contributed by atoms with E-state index in [2.05, 4.69) is 19.9 Å². The van der Waals surface area contributed by atoms with Crippen molar-refractivity contribution in [2.24, 2.45) is 0 Å². The number of fused-ring (bicyclic) bond motifs is 1. The Hall–Kier alpha value is -1.80. The van der Waals surface area contributed by atoms with Gasteiger partial charge in [0.1, 0.15) is 12.1 Å². The number of rotatable bonds is 4. The van der Waals surface area contributed by atoms with Crippen LogP contribution in [0.4, 0.5) is 5.82 Å². The van der Waals surface area contributed by atoms with Crippen molar-refractivity contribution in [1.82, 2.24) is 19.3 Å². The average Bonchev–Trinajstić information content (AvgIpc) is 3.32. The highest BCUT2D eigenvalue weighted by atomic mass is 32.2. The van der Waals surface area contributed by atoms with Gasteiger partial charge in [-0.05, 0) is 25.3 Å². The van der Waals surface area contributed by atoms with E-state index in [1.165, 1.54) is 6.33 Å². The Bertz CT molecular complexity index is 831. The number of sulfonamides is 1. The molecule has 4 rings (SSSR count). The highest BCUT2D eigenvalue weighted by Gasteiger charge is 2.42. The Balaban J connectivity index is 1.58. The number of hydrogen-bond donors (Lipinski definition) is 0. The van der Waals surface area contributed by atoms with Crippen LogP contribution in [0, 0.1) is 0 Å². The second-order valence-corrected chi connectivity index (χ2v) is 8.51. The molecule has 2 fully saturated rings.